The summed E-state index contributed by atoms with van der Waals surface area (Å²) in [5.74, 6) is -0.405. The first-order valence-electron chi connectivity index (χ1n) is 6.52. The maximum atomic E-state index is 12.3. The van der Waals surface area contributed by atoms with Crippen LogP contribution in [0.1, 0.15) is 32.6 Å². The topological polar surface area (TPSA) is 95.7 Å². The van der Waals surface area contributed by atoms with E-state index in [0.29, 0.717) is 19.5 Å². The second-order valence-corrected chi connectivity index (χ2v) is 5.28. The highest BCUT2D eigenvalue weighted by atomic mass is 16.3. The maximum Gasteiger partial charge on any atom is 0.247 e. The van der Waals surface area contributed by atoms with Gasteiger partial charge in [0.15, 0.2) is 0 Å². The molecule has 0 bridgehead atoms. The molecule has 2 heterocycles. The Kier molecular flexibility index (Phi) is 3.59. The summed E-state index contributed by atoms with van der Waals surface area (Å²) in [6.07, 6.45) is 2.63. The van der Waals surface area contributed by atoms with Crippen LogP contribution in [0.15, 0.2) is 0 Å². The van der Waals surface area contributed by atoms with Gasteiger partial charge in [0.25, 0.3) is 0 Å². The fourth-order valence-electron chi connectivity index (χ4n) is 2.71. The summed E-state index contributed by atoms with van der Waals surface area (Å²) in [4.78, 5) is 25.8. The van der Waals surface area contributed by atoms with Crippen molar-refractivity contribution in [2.45, 2.75) is 50.3 Å². The molecular formula is C12H21N3O3. The number of carbonyl (C=O) groups is 2. The molecule has 2 fully saturated rings. The van der Waals surface area contributed by atoms with Crippen molar-refractivity contribution in [3.05, 3.63) is 0 Å². The highest BCUT2D eigenvalue weighted by Gasteiger charge is 2.53. The molecule has 2 aliphatic rings. The zero-order chi connectivity index (χ0) is 13.3. The SMILES string of the molecule is C[C@@H](O)[C@H](N)C(=O)N1CCCCCC12CNC2=O. The van der Waals surface area contributed by atoms with Crippen LogP contribution in [0.2, 0.25) is 0 Å². The largest absolute Gasteiger partial charge is 0.391 e. The summed E-state index contributed by atoms with van der Waals surface area (Å²) in [5, 5.41) is 12.2. The van der Waals surface area contributed by atoms with E-state index in [1.165, 1.54) is 6.92 Å². The lowest BCUT2D eigenvalue weighted by molar-refractivity contribution is -0.157. The first-order valence-corrected chi connectivity index (χ1v) is 6.52. The second kappa shape index (κ2) is 4.85. The third-order valence-electron chi connectivity index (χ3n) is 4.02. The lowest BCUT2D eigenvalue weighted by Crippen LogP contribution is -2.75. The molecule has 2 amide bonds. The fraction of sp³-hybridized carbons (Fsp3) is 0.833. The lowest BCUT2D eigenvalue weighted by Gasteiger charge is -2.48. The smallest absolute Gasteiger partial charge is 0.247 e. The minimum Gasteiger partial charge on any atom is -0.391 e. The van der Waals surface area contributed by atoms with Gasteiger partial charge in [-0.15, -0.1) is 0 Å². The first-order chi connectivity index (χ1) is 8.49. The van der Waals surface area contributed by atoms with E-state index in [1.54, 1.807) is 4.90 Å². The highest BCUT2D eigenvalue weighted by Crippen LogP contribution is 2.32. The number of amides is 2. The lowest BCUT2D eigenvalue weighted by atomic mass is 9.84. The molecule has 2 aliphatic heterocycles. The third-order valence-corrected chi connectivity index (χ3v) is 4.02. The Hall–Kier alpha value is -1.14. The minimum atomic E-state index is -0.951. The Balaban J connectivity index is 2.21. The molecule has 0 aliphatic carbocycles. The number of nitrogens with two attached hydrogens (primary N) is 1. The van der Waals surface area contributed by atoms with Crippen molar-refractivity contribution in [3.63, 3.8) is 0 Å². The molecular weight excluding hydrogens is 234 g/mol. The van der Waals surface area contributed by atoms with Crippen LogP contribution in [0.25, 0.3) is 0 Å². The normalized spacial score (nSPS) is 31.3. The molecule has 6 heteroatoms. The van der Waals surface area contributed by atoms with Crippen molar-refractivity contribution >= 4 is 11.8 Å². The van der Waals surface area contributed by atoms with Crippen molar-refractivity contribution < 1.29 is 14.7 Å². The van der Waals surface area contributed by atoms with Gasteiger partial charge in [-0.3, -0.25) is 9.59 Å². The summed E-state index contributed by atoms with van der Waals surface area (Å²) in [7, 11) is 0. The van der Waals surface area contributed by atoms with Crippen LogP contribution < -0.4 is 11.1 Å². The van der Waals surface area contributed by atoms with Crippen molar-refractivity contribution in [2.75, 3.05) is 13.1 Å². The number of aliphatic hydroxyl groups excluding tert-OH is 1. The van der Waals surface area contributed by atoms with Crippen LogP contribution >= 0.6 is 0 Å². The van der Waals surface area contributed by atoms with Gasteiger partial charge >= 0.3 is 0 Å². The molecule has 102 valence electrons. The Labute approximate surface area is 107 Å². The van der Waals surface area contributed by atoms with Crippen molar-refractivity contribution in [2.24, 2.45) is 5.73 Å². The fourth-order valence-corrected chi connectivity index (χ4v) is 2.71. The standard InChI is InChI=1S/C12H21N3O3/c1-8(16)9(13)10(17)15-6-4-2-3-5-12(15)7-14-11(12)18/h8-9,16H,2-7,13H2,1H3,(H,14,18)/t8-,9+,12?/m1/s1. The Morgan fingerprint density at radius 1 is 1.50 bits per heavy atom. The minimum absolute atomic E-state index is 0.0875. The van der Waals surface area contributed by atoms with Crippen molar-refractivity contribution in [1.29, 1.82) is 0 Å². The average Bonchev–Trinajstić information content (AvgIpc) is 2.58. The maximum absolute atomic E-state index is 12.3. The van der Waals surface area contributed by atoms with Crippen LogP contribution in [-0.4, -0.2) is 52.6 Å². The molecule has 0 aromatic heterocycles. The number of β-lactam (4-membered cyclic amide) rings is 1. The zero-order valence-corrected chi connectivity index (χ0v) is 10.7. The van der Waals surface area contributed by atoms with E-state index in [9.17, 15) is 14.7 Å². The summed E-state index contributed by atoms with van der Waals surface area (Å²) in [5.41, 5.74) is 5.01. The van der Waals surface area contributed by atoms with Gasteiger partial charge in [0, 0.05) is 13.1 Å². The van der Waals surface area contributed by atoms with Crippen LogP contribution in [0, 0.1) is 0 Å². The van der Waals surface area contributed by atoms with E-state index in [1.807, 2.05) is 0 Å². The summed E-state index contributed by atoms with van der Waals surface area (Å²) in [6, 6.07) is -0.951. The highest BCUT2D eigenvalue weighted by molar-refractivity contribution is 5.97. The molecule has 4 N–H and O–H groups in total. The van der Waals surface area contributed by atoms with Crippen molar-refractivity contribution in [3.8, 4) is 0 Å². The number of aliphatic hydroxyl groups is 1. The molecule has 0 aromatic carbocycles. The van der Waals surface area contributed by atoms with Crippen LogP contribution in [0.5, 0.6) is 0 Å². The molecule has 2 saturated heterocycles. The molecule has 1 spiro atoms. The van der Waals surface area contributed by atoms with Crippen LogP contribution in [0.4, 0.5) is 0 Å². The summed E-state index contributed by atoms with van der Waals surface area (Å²) in [6.45, 7) is 2.55. The van der Waals surface area contributed by atoms with E-state index in [-0.39, 0.29) is 11.8 Å². The van der Waals surface area contributed by atoms with Gasteiger partial charge in [-0.1, -0.05) is 12.8 Å². The predicted molar refractivity (Wildman–Crippen MR) is 65.6 cm³/mol. The average molecular weight is 255 g/mol. The van der Waals surface area contributed by atoms with Gasteiger partial charge < -0.3 is 21.1 Å². The van der Waals surface area contributed by atoms with Gasteiger partial charge in [0.1, 0.15) is 11.6 Å². The van der Waals surface area contributed by atoms with E-state index >= 15 is 0 Å². The number of hydrogen-bond acceptors (Lipinski definition) is 4. The summed E-state index contributed by atoms with van der Waals surface area (Å²) >= 11 is 0. The Morgan fingerprint density at radius 3 is 2.72 bits per heavy atom. The van der Waals surface area contributed by atoms with Gasteiger partial charge in [-0.25, -0.2) is 0 Å². The second-order valence-electron chi connectivity index (χ2n) is 5.28. The van der Waals surface area contributed by atoms with Gasteiger partial charge in [0.2, 0.25) is 11.8 Å². The van der Waals surface area contributed by atoms with Crippen molar-refractivity contribution in [1.82, 2.24) is 10.2 Å². The predicted octanol–water partition coefficient (Wildman–Crippen LogP) is -1.03. The Bertz CT molecular complexity index is 358. The number of likely N-dealkylation sites (tertiary alicyclic amines) is 1. The van der Waals surface area contributed by atoms with E-state index in [0.717, 1.165) is 19.3 Å². The summed E-state index contributed by atoms with van der Waals surface area (Å²) < 4.78 is 0. The number of nitrogens with zero attached hydrogens (tertiary/aromatic N) is 1. The van der Waals surface area contributed by atoms with Gasteiger partial charge in [-0.2, -0.15) is 0 Å². The monoisotopic (exact) mass is 255 g/mol. The van der Waals surface area contributed by atoms with Crippen LogP contribution in [-0.2, 0) is 9.59 Å². The first kappa shape index (κ1) is 13.3. The molecule has 2 rings (SSSR count). The number of hydrogen-bond donors (Lipinski definition) is 3. The number of nitrogens with one attached hydrogen (secondary N) is 1. The Morgan fingerprint density at radius 2 is 2.22 bits per heavy atom. The van der Waals surface area contributed by atoms with E-state index in [4.69, 9.17) is 5.73 Å². The third kappa shape index (κ3) is 1.99. The van der Waals surface area contributed by atoms with Gasteiger partial charge in [-0.05, 0) is 19.8 Å². The van der Waals surface area contributed by atoms with Gasteiger partial charge in [0.05, 0.1) is 6.10 Å². The number of rotatable bonds is 2. The molecule has 1 unspecified atom stereocenters. The van der Waals surface area contributed by atoms with E-state index < -0.39 is 17.7 Å². The quantitative estimate of drug-likeness (QED) is 0.550. The molecule has 0 aromatic rings. The molecule has 3 atom stereocenters. The van der Waals surface area contributed by atoms with Crippen LogP contribution in [0.3, 0.4) is 0 Å². The zero-order valence-electron chi connectivity index (χ0n) is 10.7. The number of carbonyl (C=O) groups excluding carboxylic acids is 2. The molecule has 0 saturated carbocycles. The molecule has 0 radical (unpaired) electrons. The van der Waals surface area contributed by atoms with E-state index in [2.05, 4.69) is 5.32 Å². The molecule has 6 nitrogen and oxygen atoms in total. The molecule has 18 heavy (non-hydrogen) atoms.